The zero-order chi connectivity index (χ0) is 20.5. The van der Waals surface area contributed by atoms with Gasteiger partial charge in [0.2, 0.25) is 15.9 Å². The Morgan fingerprint density at radius 1 is 0.724 bits per heavy atom. The van der Waals surface area contributed by atoms with Gasteiger partial charge in [0.05, 0.1) is 4.90 Å². The average molecular weight is 409 g/mol. The first-order valence-corrected chi connectivity index (χ1v) is 11.0. The van der Waals surface area contributed by atoms with E-state index in [1.54, 1.807) is 12.1 Å². The second-order valence-electron chi connectivity index (χ2n) is 6.69. The quantitative estimate of drug-likeness (QED) is 0.566. The zero-order valence-corrected chi connectivity index (χ0v) is 16.9. The van der Waals surface area contributed by atoms with Gasteiger partial charge in [0.25, 0.3) is 0 Å². The van der Waals surface area contributed by atoms with Gasteiger partial charge in [-0.3, -0.25) is 4.79 Å². The minimum atomic E-state index is -3.58. The Kier molecular flexibility index (Phi) is 7.16. The van der Waals surface area contributed by atoms with Crippen LogP contribution in [0.5, 0.6) is 0 Å². The Morgan fingerprint density at radius 2 is 1.28 bits per heavy atom. The Morgan fingerprint density at radius 3 is 1.86 bits per heavy atom. The third kappa shape index (κ3) is 6.55. The highest BCUT2D eigenvalue weighted by atomic mass is 32.2. The molecule has 3 rings (SSSR count). The van der Waals surface area contributed by atoms with E-state index in [1.807, 2.05) is 60.7 Å². The summed E-state index contributed by atoms with van der Waals surface area (Å²) in [6.45, 7) is 0.324. The van der Waals surface area contributed by atoms with Gasteiger partial charge in [-0.15, -0.1) is 0 Å². The van der Waals surface area contributed by atoms with Crippen molar-refractivity contribution in [2.45, 2.75) is 24.2 Å². The van der Waals surface area contributed by atoms with E-state index in [2.05, 4.69) is 10.0 Å². The molecule has 5 nitrogen and oxygen atoms in total. The molecule has 2 N–H and O–H groups in total. The van der Waals surface area contributed by atoms with Crippen LogP contribution >= 0.6 is 0 Å². The summed E-state index contributed by atoms with van der Waals surface area (Å²) in [4.78, 5) is 12.3. The van der Waals surface area contributed by atoms with Crippen molar-refractivity contribution in [3.05, 3.63) is 96.1 Å². The molecule has 3 aromatic rings. The number of carbonyl (C=O) groups is 1. The molecule has 0 bridgehead atoms. The third-order valence-electron chi connectivity index (χ3n) is 4.48. The highest BCUT2D eigenvalue weighted by Crippen LogP contribution is 2.15. The maximum atomic E-state index is 12.4. The molecule has 0 radical (unpaired) electrons. The molecule has 0 aromatic heterocycles. The smallest absolute Gasteiger partial charge is 0.240 e. The molecule has 0 unspecified atom stereocenters. The molecule has 150 valence electrons. The lowest BCUT2D eigenvalue weighted by atomic mass is 10.1. The van der Waals surface area contributed by atoms with Crippen molar-refractivity contribution in [1.82, 2.24) is 4.72 Å². The van der Waals surface area contributed by atoms with Crippen LogP contribution in [0.25, 0.3) is 0 Å². The zero-order valence-electron chi connectivity index (χ0n) is 16.0. The topological polar surface area (TPSA) is 75.3 Å². The predicted molar refractivity (Wildman–Crippen MR) is 115 cm³/mol. The fourth-order valence-electron chi connectivity index (χ4n) is 2.90. The van der Waals surface area contributed by atoms with E-state index >= 15 is 0 Å². The summed E-state index contributed by atoms with van der Waals surface area (Å²) in [7, 11) is -3.58. The largest absolute Gasteiger partial charge is 0.326 e. The molecule has 0 fully saturated rings. The molecule has 3 aromatic carbocycles. The van der Waals surface area contributed by atoms with Crippen molar-refractivity contribution in [3.63, 3.8) is 0 Å². The van der Waals surface area contributed by atoms with E-state index in [9.17, 15) is 13.2 Å². The molecule has 0 saturated heterocycles. The molecule has 0 aliphatic carbocycles. The fourth-order valence-corrected chi connectivity index (χ4v) is 3.93. The summed E-state index contributed by atoms with van der Waals surface area (Å²) >= 11 is 0. The van der Waals surface area contributed by atoms with Crippen molar-refractivity contribution in [2.24, 2.45) is 0 Å². The first kappa shape index (κ1) is 20.8. The monoisotopic (exact) mass is 408 g/mol. The SMILES string of the molecule is O=C(CCc1ccccc1)Nc1ccc(S(=O)(=O)NCCc2ccccc2)cc1. The molecular weight excluding hydrogens is 384 g/mol. The summed E-state index contributed by atoms with van der Waals surface area (Å²) in [6.07, 6.45) is 1.64. The summed E-state index contributed by atoms with van der Waals surface area (Å²) in [5.41, 5.74) is 2.75. The van der Waals surface area contributed by atoms with Crippen LogP contribution in [-0.4, -0.2) is 20.9 Å². The second kappa shape index (κ2) is 10.0. The van der Waals surface area contributed by atoms with Crippen LogP contribution in [-0.2, 0) is 27.7 Å². The molecule has 6 heteroatoms. The van der Waals surface area contributed by atoms with Crippen LogP contribution in [0.3, 0.4) is 0 Å². The maximum Gasteiger partial charge on any atom is 0.240 e. The van der Waals surface area contributed by atoms with E-state index in [-0.39, 0.29) is 10.8 Å². The van der Waals surface area contributed by atoms with E-state index in [0.717, 1.165) is 11.1 Å². The fraction of sp³-hybridized carbons (Fsp3) is 0.174. The van der Waals surface area contributed by atoms with Crippen LogP contribution in [0.4, 0.5) is 5.69 Å². The molecule has 0 aliphatic rings. The normalized spacial score (nSPS) is 11.2. The van der Waals surface area contributed by atoms with E-state index in [1.165, 1.54) is 12.1 Å². The maximum absolute atomic E-state index is 12.4. The lowest BCUT2D eigenvalue weighted by Gasteiger charge is -2.09. The summed E-state index contributed by atoms with van der Waals surface area (Å²) in [5, 5.41) is 2.80. The van der Waals surface area contributed by atoms with Crippen molar-refractivity contribution in [3.8, 4) is 0 Å². The molecule has 0 spiro atoms. The number of hydrogen-bond acceptors (Lipinski definition) is 3. The van der Waals surface area contributed by atoms with Gasteiger partial charge in [0.15, 0.2) is 0 Å². The number of benzene rings is 3. The Balaban J connectivity index is 1.49. The van der Waals surface area contributed by atoms with Crippen molar-refractivity contribution < 1.29 is 13.2 Å². The number of aryl methyl sites for hydroxylation is 1. The lowest BCUT2D eigenvalue weighted by Crippen LogP contribution is -2.26. The van der Waals surface area contributed by atoms with E-state index in [4.69, 9.17) is 0 Å². The molecule has 0 atom stereocenters. The number of nitrogens with one attached hydrogen (secondary N) is 2. The van der Waals surface area contributed by atoms with Gasteiger partial charge in [-0.1, -0.05) is 60.7 Å². The number of anilines is 1. The molecule has 0 heterocycles. The van der Waals surface area contributed by atoms with E-state index < -0.39 is 10.0 Å². The molecule has 29 heavy (non-hydrogen) atoms. The average Bonchev–Trinajstić information content (AvgIpc) is 2.74. The molecule has 1 amide bonds. The molecular formula is C23H24N2O3S. The van der Waals surface area contributed by atoms with Gasteiger partial charge in [0, 0.05) is 18.7 Å². The van der Waals surface area contributed by atoms with Gasteiger partial charge in [-0.05, 0) is 48.2 Å². The molecule has 0 aliphatic heterocycles. The van der Waals surface area contributed by atoms with Crippen LogP contribution in [0.1, 0.15) is 17.5 Å². The van der Waals surface area contributed by atoms with Crippen molar-refractivity contribution in [2.75, 3.05) is 11.9 Å². The minimum Gasteiger partial charge on any atom is -0.326 e. The summed E-state index contributed by atoms with van der Waals surface area (Å²) < 4.78 is 27.4. The van der Waals surface area contributed by atoms with Gasteiger partial charge >= 0.3 is 0 Å². The van der Waals surface area contributed by atoms with Crippen molar-refractivity contribution in [1.29, 1.82) is 0 Å². The highest BCUT2D eigenvalue weighted by Gasteiger charge is 2.13. The number of sulfonamides is 1. The Labute approximate surface area is 171 Å². The van der Waals surface area contributed by atoms with Crippen molar-refractivity contribution >= 4 is 21.6 Å². The lowest BCUT2D eigenvalue weighted by molar-refractivity contribution is -0.116. The summed E-state index contributed by atoms with van der Waals surface area (Å²) in [6, 6.07) is 25.7. The van der Waals surface area contributed by atoms with Gasteiger partial charge in [-0.25, -0.2) is 13.1 Å². The second-order valence-corrected chi connectivity index (χ2v) is 8.46. The number of rotatable bonds is 9. The van der Waals surface area contributed by atoms with Crippen LogP contribution in [0, 0.1) is 0 Å². The van der Waals surface area contributed by atoms with Crippen LogP contribution in [0.15, 0.2) is 89.8 Å². The Hall–Kier alpha value is -2.96. The Bertz CT molecular complexity index is 1020. The highest BCUT2D eigenvalue weighted by molar-refractivity contribution is 7.89. The predicted octanol–water partition coefficient (Wildman–Crippen LogP) is 3.78. The molecule has 0 saturated carbocycles. The number of hydrogen-bond donors (Lipinski definition) is 2. The van der Waals surface area contributed by atoms with E-state index in [0.29, 0.717) is 31.5 Å². The first-order chi connectivity index (χ1) is 14.0. The minimum absolute atomic E-state index is 0.106. The number of carbonyl (C=O) groups excluding carboxylic acids is 1. The van der Waals surface area contributed by atoms with Crippen LogP contribution in [0.2, 0.25) is 0 Å². The van der Waals surface area contributed by atoms with Gasteiger partial charge in [0.1, 0.15) is 0 Å². The first-order valence-electron chi connectivity index (χ1n) is 9.50. The van der Waals surface area contributed by atoms with Gasteiger partial charge < -0.3 is 5.32 Å². The summed E-state index contributed by atoms with van der Waals surface area (Å²) in [5.74, 6) is -0.106. The van der Waals surface area contributed by atoms with Gasteiger partial charge in [-0.2, -0.15) is 0 Å². The van der Waals surface area contributed by atoms with Crippen LogP contribution < -0.4 is 10.0 Å². The number of amides is 1. The third-order valence-corrected chi connectivity index (χ3v) is 5.96. The standard InChI is InChI=1S/C23H24N2O3S/c26-23(16-11-19-7-3-1-4-8-19)25-21-12-14-22(15-13-21)29(27,28)24-18-17-20-9-5-2-6-10-20/h1-10,12-15,24H,11,16-18H2,(H,25,26).